The Kier molecular flexibility index (Phi) is 13.7. The number of benzene rings is 1. The van der Waals surface area contributed by atoms with E-state index < -0.39 is 35.8 Å². The van der Waals surface area contributed by atoms with Gasteiger partial charge in [-0.25, -0.2) is 4.79 Å². The summed E-state index contributed by atoms with van der Waals surface area (Å²) in [6.07, 6.45) is 9.28. The van der Waals surface area contributed by atoms with Crippen molar-refractivity contribution in [2.24, 2.45) is 5.92 Å². The van der Waals surface area contributed by atoms with Crippen LogP contribution in [0.4, 0.5) is 4.79 Å². The first-order valence-corrected chi connectivity index (χ1v) is 13.3. The Morgan fingerprint density at radius 2 is 1.77 bits per heavy atom. The van der Waals surface area contributed by atoms with Gasteiger partial charge in [-0.3, -0.25) is 14.4 Å². The van der Waals surface area contributed by atoms with Crippen molar-refractivity contribution in [3.8, 4) is 0 Å². The molecule has 3 N–H and O–H groups in total. The van der Waals surface area contributed by atoms with Crippen LogP contribution < -0.4 is 16.0 Å². The van der Waals surface area contributed by atoms with Crippen LogP contribution in [0.25, 0.3) is 0 Å². The molecule has 2 rings (SSSR count). The van der Waals surface area contributed by atoms with E-state index >= 15 is 0 Å². The number of hydrogen-bond acceptors (Lipinski definition) is 6. The smallest absolute Gasteiger partial charge is 0.407 e. The van der Waals surface area contributed by atoms with Crippen molar-refractivity contribution in [1.29, 1.82) is 0 Å². The number of methoxy groups -OCH3 is 1. The molecule has 0 radical (unpaired) electrons. The van der Waals surface area contributed by atoms with Gasteiger partial charge in [0.05, 0.1) is 6.61 Å². The van der Waals surface area contributed by atoms with Gasteiger partial charge in [-0.2, -0.15) is 0 Å². The fourth-order valence-corrected chi connectivity index (χ4v) is 4.12. The Labute approximate surface area is 231 Å². The van der Waals surface area contributed by atoms with Crippen molar-refractivity contribution in [2.45, 2.75) is 64.1 Å². The van der Waals surface area contributed by atoms with Crippen molar-refractivity contribution in [3.05, 3.63) is 72.4 Å². The zero-order chi connectivity index (χ0) is 28.6. The van der Waals surface area contributed by atoms with Crippen LogP contribution in [0.3, 0.4) is 0 Å². The van der Waals surface area contributed by atoms with Crippen LogP contribution >= 0.6 is 0 Å². The minimum atomic E-state index is -1.12. The Morgan fingerprint density at radius 1 is 1.03 bits per heavy atom. The lowest BCUT2D eigenvalue weighted by Crippen LogP contribution is -2.55. The van der Waals surface area contributed by atoms with Crippen LogP contribution in [-0.2, 0) is 30.3 Å². The molecule has 3 atom stereocenters. The molecule has 3 amide bonds. The molecule has 0 heterocycles. The number of rotatable bonds is 13. The lowest BCUT2D eigenvalue weighted by molar-refractivity contribution is -0.140. The summed E-state index contributed by atoms with van der Waals surface area (Å²) in [6.45, 7) is 8.09. The second kappa shape index (κ2) is 17.0. The second-order valence-electron chi connectivity index (χ2n) is 9.97. The van der Waals surface area contributed by atoms with Crippen molar-refractivity contribution in [2.75, 3.05) is 20.3 Å². The van der Waals surface area contributed by atoms with Gasteiger partial charge in [0.2, 0.25) is 11.7 Å². The molecule has 1 aliphatic carbocycles. The number of amides is 3. The first kappa shape index (κ1) is 31.5. The third-order valence-electron chi connectivity index (χ3n) is 6.08. The minimum absolute atomic E-state index is 0.0345. The molecule has 1 aromatic rings. The summed E-state index contributed by atoms with van der Waals surface area (Å²) in [5.74, 6) is -2.03. The largest absolute Gasteiger partial charge is 0.447 e. The molecule has 0 spiro atoms. The van der Waals surface area contributed by atoms with Crippen molar-refractivity contribution < 1.29 is 28.7 Å². The van der Waals surface area contributed by atoms with E-state index in [-0.39, 0.29) is 31.6 Å². The number of hydrogen-bond donors (Lipinski definition) is 3. The number of alkyl carbamates (subject to hydrolysis) is 1. The van der Waals surface area contributed by atoms with Gasteiger partial charge in [0, 0.05) is 19.6 Å². The molecule has 1 unspecified atom stereocenters. The van der Waals surface area contributed by atoms with Gasteiger partial charge < -0.3 is 25.4 Å². The third-order valence-corrected chi connectivity index (χ3v) is 6.08. The van der Waals surface area contributed by atoms with Gasteiger partial charge in [0.15, 0.2) is 0 Å². The van der Waals surface area contributed by atoms with Crippen LogP contribution in [0.5, 0.6) is 0 Å². The molecule has 0 bridgehead atoms. The maximum Gasteiger partial charge on any atom is 0.407 e. The number of Topliss-reactive ketones (excluding diaryl/α,β-unsaturated/α-hetero) is 1. The quantitative estimate of drug-likeness (QED) is 0.261. The van der Waals surface area contributed by atoms with Gasteiger partial charge >= 0.3 is 6.09 Å². The number of allylic oxidation sites excluding steroid dienone is 4. The van der Waals surface area contributed by atoms with E-state index in [1.54, 1.807) is 0 Å². The topological polar surface area (TPSA) is 123 Å². The van der Waals surface area contributed by atoms with Crippen LogP contribution in [0.1, 0.15) is 45.1 Å². The summed E-state index contributed by atoms with van der Waals surface area (Å²) in [7, 11) is 1.49. The minimum Gasteiger partial charge on any atom is -0.447 e. The summed E-state index contributed by atoms with van der Waals surface area (Å²) in [5, 5.41) is 8.13. The molecule has 9 heteroatoms. The molecule has 1 aliphatic rings. The molecule has 0 saturated carbocycles. The monoisotopic (exact) mass is 539 g/mol. The molecule has 9 nitrogen and oxygen atoms in total. The Balaban J connectivity index is 2.17. The number of ketones is 1. The molecule has 212 valence electrons. The predicted molar refractivity (Wildman–Crippen MR) is 150 cm³/mol. The number of carbonyl (C=O) groups excluding carboxylic acids is 4. The summed E-state index contributed by atoms with van der Waals surface area (Å²) in [4.78, 5) is 52.1. The fraction of sp³-hybridized carbons (Fsp3) is 0.467. The average Bonchev–Trinajstić information content (AvgIpc) is 2.99. The highest BCUT2D eigenvalue weighted by molar-refractivity contribution is 6.38. The molecular formula is C30H41N3O6. The van der Waals surface area contributed by atoms with E-state index in [1.807, 2.05) is 68.5 Å². The first-order valence-electron chi connectivity index (χ1n) is 13.3. The maximum absolute atomic E-state index is 13.4. The zero-order valence-electron chi connectivity index (χ0n) is 23.1. The molecule has 39 heavy (non-hydrogen) atoms. The average molecular weight is 540 g/mol. The summed E-state index contributed by atoms with van der Waals surface area (Å²) in [5.41, 5.74) is 1.62. The van der Waals surface area contributed by atoms with Crippen molar-refractivity contribution in [1.82, 2.24) is 16.0 Å². The molecule has 0 saturated heterocycles. The van der Waals surface area contributed by atoms with Gasteiger partial charge in [-0.1, -0.05) is 80.6 Å². The SMILES string of the molecule is C=C1/C=C\C=C/CCC(NC(=O)C(=O)[C@H](Cc2ccccc2)NC(=O)[C@H](CC(C)C)NC(=O)OCCOC)C1. The van der Waals surface area contributed by atoms with Gasteiger partial charge in [0.25, 0.3) is 5.91 Å². The van der Waals surface area contributed by atoms with Crippen LogP contribution in [0.15, 0.2) is 66.8 Å². The van der Waals surface area contributed by atoms with Crippen LogP contribution in [-0.4, -0.2) is 62.1 Å². The molecule has 0 fully saturated rings. The number of ether oxygens (including phenoxy) is 2. The Bertz CT molecular complexity index is 1030. The standard InChI is InChI=1S/C30H41N3O6/c1-21(2)18-26(33-30(37)39-17-16-38-4)28(35)32-25(20-23-13-9-7-10-14-23)27(34)29(36)31-24-15-11-6-5-8-12-22(3)19-24/h5-10,12-14,21,24-26H,3,11,15-20H2,1-2,4H3,(H,31,36)(H,32,35)(H,33,37)/b6-5-,12-8-/t24?,25-,26-/m0/s1. The van der Waals surface area contributed by atoms with Crippen LogP contribution in [0, 0.1) is 5.92 Å². The Hall–Kier alpha value is -3.72. The highest BCUT2D eigenvalue weighted by Crippen LogP contribution is 2.14. The fourth-order valence-electron chi connectivity index (χ4n) is 4.12. The number of carbonyl (C=O) groups is 4. The first-order chi connectivity index (χ1) is 18.7. The molecule has 1 aromatic carbocycles. The van der Waals surface area contributed by atoms with E-state index in [0.29, 0.717) is 19.3 Å². The summed E-state index contributed by atoms with van der Waals surface area (Å²) >= 11 is 0. The molecule has 0 aliphatic heterocycles. The van der Waals surface area contributed by atoms with Crippen molar-refractivity contribution >= 4 is 23.7 Å². The normalized spacial score (nSPS) is 18.5. The van der Waals surface area contributed by atoms with E-state index in [9.17, 15) is 19.2 Å². The highest BCUT2D eigenvalue weighted by atomic mass is 16.6. The molecular weight excluding hydrogens is 498 g/mol. The third kappa shape index (κ3) is 12.1. The van der Waals surface area contributed by atoms with Gasteiger partial charge in [-0.15, -0.1) is 0 Å². The predicted octanol–water partition coefficient (Wildman–Crippen LogP) is 3.41. The van der Waals surface area contributed by atoms with E-state index in [4.69, 9.17) is 9.47 Å². The maximum atomic E-state index is 13.4. The highest BCUT2D eigenvalue weighted by Gasteiger charge is 2.32. The van der Waals surface area contributed by atoms with E-state index in [2.05, 4.69) is 22.5 Å². The summed E-state index contributed by atoms with van der Waals surface area (Å²) in [6, 6.07) is 6.78. The van der Waals surface area contributed by atoms with E-state index in [1.165, 1.54) is 7.11 Å². The second-order valence-corrected chi connectivity index (χ2v) is 9.97. The number of nitrogens with one attached hydrogen (secondary N) is 3. The lowest BCUT2D eigenvalue weighted by atomic mass is 9.98. The zero-order valence-corrected chi connectivity index (χ0v) is 23.1. The van der Waals surface area contributed by atoms with Gasteiger partial charge in [-0.05, 0) is 37.2 Å². The Morgan fingerprint density at radius 3 is 2.46 bits per heavy atom. The van der Waals surface area contributed by atoms with E-state index in [0.717, 1.165) is 17.6 Å². The molecule has 0 aromatic heterocycles. The summed E-state index contributed by atoms with van der Waals surface area (Å²) < 4.78 is 9.93. The van der Waals surface area contributed by atoms with Crippen molar-refractivity contribution in [3.63, 3.8) is 0 Å². The van der Waals surface area contributed by atoms with Crippen LogP contribution in [0.2, 0.25) is 0 Å². The van der Waals surface area contributed by atoms with Gasteiger partial charge in [0.1, 0.15) is 18.7 Å². The lowest BCUT2D eigenvalue weighted by Gasteiger charge is -2.24.